The van der Waals surface area contributed by atoms with E-state index < -0.39 is 24.9 Å². The van der Waals surface area contributed by atoms with Crippen molar-refractivity contribution in [1.29, 1.82) is 0 Å². The molecule has 0 aliphatic heterocycles. The molecule has 2 aromatic heterocycles. The molecule has 1 unspecified atom stereocenters. The summed E-state index contributed by atoms with van der Waals surface area (Å²) in [6.07, 6.45) is 9.71. The number of aromatic nitrogens is 3. The van der Waals surface area contributed by atoms with Crippen LogP contribution >= 0.6 is 0 Å². The van der Waals surface area contributed by atoms with Crippen LogP contribution in [0.25, 0.3) is 33.7 Å². The van der Waals surface area contributed by atoms with Gasteiger partial charge in [-0.2, -0.15) is 0 Å². The fourth-order valence-electron chi connectivity index (χ4n) is 4.63. The Kier molecular flexibility index (Phi) is 7.20. The standard InChI is InChI=1S/C31H29N3O4S2/c1-21(39(3,35)36)26-18-25-9-6-14-33-31(25)29(19-26)24-8-5-7-23(17-24)28(20-30-32-15-16-34(30)2)22-10-12-27(13-11-22)40(4,37)38/h5-21H,1-4H3/b28-20+. The zero-order chi connectivity index (χ0) is 28.7. The molecule has 0 aliphatic carbocycles. The molecule has 0 bridgehead atoms. The molecule has 0 fully saturated rings. The Morgan fingerprint density at radius 1 is 0.850 bits per heavy atom. The summed E-state index contributed by atoms with van der Waals surface area (Å²) in [6.45, 7) is 1.70. The average Bonchev–Trinajstić information content (AvgIpc) is 3.34. The Bertz CT molecular complexity index is 1970. The Morgan fingerprint density at radius 3 is 2.25 bits per heavy atom. The van der Waals surface area contributed by atoms with Crippen LogP contribution in [-0.2, 0) is 26.7 Å². The van der Waals surface area contributed by atoms with Crippen LogP contribution in [0.5, 0.6) is 0 Å². The van der Waals surface area contributed by atoms with Crippen LogP contribution in [0, 0.1) is 0 Å². The lowest BCUT2D eigenvalue weighted by atomic mass is 9.92. The lowest BCUT2D eigenvalue weighted by molar-refractivity contribution is 0.592. The molecule has 0 N–H and O–H groups in total. The third-order valence-electron chi connectivity index (χ3n) is 7.05. The summed E-state index contributed by atoms with van der Waals surface area (Å²) >= 11 is 0. The van der Waals surface area contributed by atoms with Crippen molar-refractivity contribution < 1.29 is 16.8 Å². The molecule has 5 rings (SSSR count). The van der Waals surface area contributed by atoms with Crippen LogP contribution < -0.4 is 0 Å². The second-order valence-electron chi connectivity index (χ2n) is 9.95. The molecular weight excluding hydrogens is 542 g/mol. The number of imidazole rings is 1. The highest BCUT2D eigenvalue weighted by atomic mass is 32.2. The summed E-state index contributed by atoms with van der Waals surface area (Å²) in [5.41, 5.74) is 5.75. The van der Waals surface area contributed by atoms with Gasteiger partial charge in [-0.05, 0) is 77.2 Å². The fraction of sp³-hybridized carbons (Fsp3) is 0.161. The van der Waals surface area contributed by atoms with E-state index in [1.807, 2.05) is 72.4 Å². The predicted molar refractivity (Wildman–Crippen MR) is 160 cm³/mol. The first-order valence-corrected chi connectivity index (χ1v) is 16.4. The van der Waals surface area contributed by atoms with Crippen LogP contribution in [0.4, 0.5) is 0 Å². The van der Waals surface area contributed by atoms with E-state index in [9.17, 15) is 16.8 Å². The topological polar surface area (TPSA) is 99.0 Å². The van der Waals surface area contributed by atoms with E-state index in [4.69, 9.17) is 0 Å². The third kappa shape index (κ3) is 5.61. The zero-order valence-electron chi connectivity index (χ0n) is 22.6. The van der Waals surface area contributed by atoms with Crippen molar-refractivity contribution in [1.82, 2.24) is 14.5 Å². The van der Waals surface area contributed by atoms with E-state index in [0.717, 1.165) is 44.6 Å². The summed E-state index contributed by atoms with van der Waals surface area (Å²) in [5.74, 6) is 0.740. The van der Waals surface area contributed by atoms with Crippen molar-refractivity contribution in [2.75, 3.05) is 12.5 Å². The van der Waals surface area contributed by atoms with Gasteiger partial charge in [0.05, 0.1) is 15.7 Å². The Hall–Kier alpha value is -4.08. The minimum absolute atomic E-state index is 0.246. The first-order valence-electron chi connectivity index (χ1n) is 12.6. The highest BCUT2D eigenvalue weighted by Gasteiger charge is 2.20. The normalized spacial score (nSPS) is 13.4. The second kappa shape index (κ2) is 10.5. The number of hydrogen-bond donors (Lipinski definition) is 0. The molecule has 2 heterocycles. The number of fused-ring (bicyclic) bond motifs is 1. The van der Waals surface area contributed by atoms with Crippen molar-refractivity contribution in [3.05, 3.63) is 114 Å². The van der Waals surface area contributed by atoms with Gasteiger partial charge in [0, 0.05) is 49.1 Å². The Labute approximate surface area is 234 Å². The van der Waals surface area contributed by atoms with Crippen LogP contribution in [0.1, 0.15) is 34.7 Å². The van der Waals surface area contributed by atoms with Gasteiger partial charge in [-0.3, -0.25) is 4.98 Å². The maximum atomic E-state index is 12.4. The van der Waals surface area contributed by atoms with E-state index in [-0.39, 0.29) is 4.90 Å². The molecule has 3 aromatic carbocycles. The number of sulfone groups is 2. The molecule has 0 spiro atoms. The maximum Gasteiger partial charge on any atom is 0.175 e. The van der Waals surface area contributed by atoms with E-state index in [1.165, 1.54) is 12.5 Å². The van der Waals surface area contributed by atoms with Gasteiger partial charge in [0.15, 0.2) is 19.7 Å². The molecule has 0 saturated carbocycles. The lowest BCUT2D eigenvalue weighted by Crippen LogP contribution is -2.08. The zero-order valence-corrected chi connectivity index (χ0v) is 24.2. The van der Waals surface area contributed by atoms with Gasteiger partial charge >= 0.3 is 0 Å². The molecule has 9 heteroatoms. The molecular formula is C31H29N3O4S2. The summed E-state index contributed by atoms with van der Waals surface area (Å²) in [7, 11) is -4.74. The van der Waals surface area contributed by atoms with Crippen molar-refractivity contribution in [2.45, 2.75) is 17.1 Å². The number of benzene rings is 3. The van der Waals surface area contributed by atoms with E-state index in [2.05, 4.69) is 9.97 Å². The van der Waals surface area contributed by atoms with Gasteiger partial charge in [-0.25, -0.2) is 21.8 Å². The van der Waals surface area contributed by atoms with Crippen LogP contribution in [0.3, 0.4) is 0 Å². The van der Waals surface area contributed by atoms with Gasteiger partial charge in [-0.1, -0.05) is 36.4 Å². The van der Waals surface area contributed by atoms with Crippen molar-refractivity contribution in [3.8, 4) is 11.1 Å². The molecule has 0 aliphatic rings. The number of aryl methyl sites for hydroxylation is 1. The Morgan fingerprint density at radius 2 is 1.60 bits per heavy atom. The summed E-state index contributed by atoms with van der Waals surface area (Å²) in [4.78, 5) is 9.33. The average molecular weight is 572 g/mol. The molecule has 1 atom stereocenters. The van der Waals surface area contributed by atoms with E-state index in [0.29, 0.717) is 5.56 Å². The smallest absolute Gasteiger partial charge is 0.175 e. The molecule has 204 valence electrons. The van der Waals surface area contributed by atoms with Crippen molar-refractivity contribution >= 4 is 42.2 Å². The summed E-state index contributed by atoms with van der Waals surface area (Å²) in [5, 5.41) is 0.183. The number of nitrogens with zero attached hydrogens (tertiary/aromatic N) is 3. The minimum atomic E-state index is -3.34. The molecule has 7 nitrogen and oxygen atoms in total. The van der Waals surface area contributed by atoms with Gasteiger partial charge in [-0.15, -0.1) is 0 Å². The molecule has 5 aromatic rings. The first-order chi connectivity index (χ1) is 18.9. The summed E-state index contributed by atoms with van der Waals surface area (Å²) < 4.78 is 50.8. The van der Waals surface area contributed by atoms with Crippen LogP contribution in [0.2, 0.25) is 0 Å². The van der Waals surface area contributed by atoms with Gasteiger partial charge < -0.3 is 4.57 Å². The first kappa shape index (κ1) is 27.5. The third-order valence-corrected chi connectivity index (χ3v) is 9.73. The van der Waals surface area contributed by atoms with Crippen LogP contribution in [0.15, 0.2) is 96.3 Å². The number of pyridine rings is 1. The quantitative estimate of drug-likeness (QED) is 0.247. The lowest BCUT2D eigenvalue weighted by Gasteiger charge is -2.16. The second-order valence-corrected chi connectivity index (χ2v) is 14.3. The monoisotopic (exact) mass is 571 g/mol. The minimum Gasteiger partial charge on any atom is -0.335 e. The van der Waals surface area contributed by atoms with Crippen molar-refractivity contribution in [3.63, 3.8) is 0 Å². The molecule has 0 amide bonds. The van der Waals surface area contributed by atoms with E-state index in [1.54, 1.807) is 43.6 Å². The number of rotatable bonds is 7. The van der Waals surface area contributed by atoms with Crippen LogP contribution in [-0.4, -0.2) is 43.9 Å². The number of hydrogen-bond acceptors (Lipinski definition) is 6. The van der Waals surface area contributed by atoms with Gasteiger partial charge in [0.1, 0.15) is 5.82 Å². The Balaban J connectivity index is 1.70. The molecule has 0 radical (unpaired) electrons. The van der Waals surface area contributed by atoms with Gasteiger partial charge in [0.2, 0.25) is 0 Å². The largest absolute Gasteiger partial charge is 0.335 e. The SMILES string of the molecule is CC(c1cc(-c2cccc(/C(=C/c3nccn3C)c3ccc(S(C)(=O)=O)cc3)c2)c2ncccc2c1)S(C)(=O)=O. The highest BCUT2D eigenvalue weighted by molar-refractivity contribution is 7.91. The van der Waals surface area contributed by atoms with E-state index >= 15 is 0 Å². The molecule has 0 saturated heterocycles. The highest BCUT2D eigenvalue weighted by Crippen LogP contribution is 2.35. The summed E-state index contributed by atoms with van der Waals surface area (Å²) in [6, 6.07) is 22.3. The van der Waals surface area contributed by atoms with Gasteiger partial charge in [0.25, 0.3) is 0 Å². The molecule has 40 heavy (non-hydrogen) atoms. The predicted octanol–water partition coefficient (Wildman–Crippen LogP) is 5.73. The maximum absolute atomic E-state index is 12.4. The fourth-order valence-corrected chi connectivity index (χ4v) is 5.89. The van der Waals surface area contributed by atoms with Crippen molar-refractivity contribution in [2.24, 2.45) is 7.05 Å².